The van der Waals surface area contributed by atoms with Crippen molar-refractivity contribution in [2.45, 2.75) is 20.0 Å². The number of fused-ring (bicyclic) bond motifs is 1. The number of hydrogen-bond acceptors (Lipinski definition) is 4. The number of piperazine rings is 1. The Balaban J connectivity index is 1.69. The molecule has 0 spiro atoms. The molecule has 1 aliphatic rings. The lowest BCUT2D eigenvalue weighted by atomic mass is 10.2. The van der Waals surface area contributed by atoms with E-state index in [9.17, 15) is 19.2 Å². The topological polar surface area (TPSA) is 84.6 Å². The second-order valence-corrected chi connectivity index (χ2v) is 7.65. The summed E-state index contributed by atoms with van der Waals surface area (Å²) in [5.41, 5.74) is 0.388. The number of nitrogens with zero attached hydrogens (tertiary/aromatic N) is 4. The van der Waals surface area contributed by atoms with E-state index in [1.165, 1.54) is 16.1 Å². The van der Waals surface area contributed by atoms with Crippen molar-refractivity contribution in [3.8, 4) is 0 Å². The molecule has 3 aromatic rings. The van der Waals surface area contributed by atoms with Crippen molar-refractivity contribution in [3.63, 3.8) is 0 Å². The number of hydrogen-bond donors (Lipinski definition) is 0. The van der Waals surface area contributed by atoms with Gasteiger partial charge in [-0.15, -0.1) is 0 Å². The molecule has 2 heterocycles. The second-order valence-electron chi connectivity index (χ2n) is 7.65. The summed E-state index contributed by atoms with van der Waals surface area (Å²) in [6, 6.07) is 16.1. The number of amides is 2. The summed E-state index contributed by atoms with van der Waals surface area (Å²) in [5.74, 6) is -0.220. The van der Waals surface area contributed by atoms with Crippen molar-refractivity contribution in [1.82, 2.24) is 18.9 Å². The maximum atomic E-state index is 13.3. The van der Waals surface area contributed by atoms with E-state index in [2.05, 4.69) is 0 Å². The highest BCUT2D eigenvalue weighted by molar-refractivity contribution is 5.82. The van der Waals surface area contributed by atoms with Gasteiger partial charge >= 0.3 is 5.69 Å². The van der Waals surface area contributed by atoms with Crippen molar-refractivity contribution in [1.29, 1.82) is 0 Å². The summed E-state index contributed by atoms with van der Waals surface area (Å²) in [5, 5.41) is 0.396. The van der Waals surface area contributed by atoms with Crippen molar-refractivity contribution < 1.29 is 9.59 Å². The van der Waals surface area contributed by atoms with Crippen LogP contribution in [0.1, 0.15) is 12.5 Å². The predicted molar refractivity (Wildman–Crippen MR) is 117 cm³/mol. The second kappa shape index (κ2) is 8.59. The molecule has 160 valence electrons. The first kappa shape index (κ1) is 20.6. The van der Waals surface area contributed by atoms with Crippen molar-refractivity contribution in [3.05, 3.63) is 81.0 Å². The average Bonchev–Trinajstić information content (AvgIpc) is 2.80. The molecule has 0 N–H and O–H groups in total. The fourth-order valence-corrected chi connectivity index (χ4v) is 3.94. The lowest BCUT2D eigenvalue weighted by Gasteiger charge is -2.34. The zero-order valence-corrected chi connectivity index (χ0v) is 17.4. The molecule has 31 heavy (non-hydrogen) atoms. The van der Waals surface area contributed by atoms with Gasteiger partial charge in [0.25, 0.3) is 5.56 Å². The molecular formula is C23H24N4O4. The zero-order chi connectivity index (χ0) is 22.0. The lowest BCUT2D eigenvalue weighted by Crippen LogP contribution is -2.51. The summed E-state index contributed by atoms with van der Waals surface area (Å²) >= 11 is 0. The Morgan fingerprint density at radius 3 is 2.10 bits per heavy atom. The van der Waals surface area contributed by atoms with E-state index in [1.54, 1.807) is 34.1 Å². The van der Waals surface area contributed by atoms with Gasteiger partial charge in [0, 0.05) is 33.1 Å². The summed E-state index contributed by atoms with van der Waals surface area (Å²) in [6.07, 6.45) is 0. The van der Waals surface area contributed by atoms with Gasteiger partial charge in [-0.2, -0.15) is 0 Å². The smallest absolute Gasteiger partial charge is 0.332 e. The van der Waals surface area contributed by atoms with E-state index in [1.807, 2.05) is 30.3 Å². The molecule has 0 atom stereocenters. The van der Waals surface area contributed by atoms with E-state index in [4.69, 9.17) is 0 Å². The first-order valence-electron chi connectivity index (χ1n) is 10.3. The van der Waals surface area contributed by atoms with Gasteiger partial charge in [0.15, 0.2) is 0 Å². The average molecular weight is 420 g/mol. The van der Waals surface area contributed by atoms with E-state index in [-0.39, 0.29) is 30.5 Å². The molecule has 1 fully saturated rings. The van der Waals surface area contributed by atoms with Crippen LogP contribution in [0.15, 0.2) is 64.2 Å². The van der Waals surface area contributed by atoms with Crippen LogP contribution in [0.25, 0.3) is 10.9 Å². The molecule has 1 aromatic heterocycles. The van der Waals surface area contributed by atoms with Crippen LogP contribution < -0.4 is 11.2 Å². The summed E-state index contributed by atoms with van der Waals surface area (Å²) < 4.78 is 2.55. The highest BCUT2D eigenvalue weighted by Gasteiger charge is 2.24. The molecule has 2 amide bonds. The number of rotatable bonds is 4. The van der Waals surface area contributed by atoms with Gasteiger partial charge in [-0.1, -0.05) is 42.5 Å². The van der Waals surface area contributed by atoms with Gasteiger partial charge in [0.2, 0.25) is 11.8 Å². The summed E-state index contributed by atoms with van der Waals surface area (Å²) in [7, 11) is 0. The third-order valence-electron chi connectivity index (χ3n) is 5.69. The molecule has 2 aromatic carbocycles. The normalized spacial score (nSPS) is 14.1. The van der Waals surface area contributed by atoms with Crippen molar-refractivity contribution in [2.75, 3.05) is 26.2 Å². The van der Waals surface area contributed by atoms with Crippen LogP contribution in [0.5, 0.6) is 0 Å². The molecule has 0 bridgehead atoms. The molecular weight excluding hydrogens is 396 g/mol. The Labute approximate surface area is 178 Å². The number of aromatic nitrogens is 2. The minimum atomic E-state index is -0.511. The summed E-state index contributed by atoms with van der Waals surface area (Å²) in [4.78, 5) is 54.1. The van der Waals surface area contributed by atoms with Gasteiger partial charge in [-0.3, -0.25) is 23.5 Å². The molecule has 4 rings (SSSR count). The first-order chi connectivity index (χ1) is 15.0. The van der Waals surface area contributed by atoms with Crippen LogP contribution in [0, 0.1) is 0 Å². The molecule has 1 aliphatic heterocycles. The van der Waals surface area contributed by atoms with E-state index >= 15 is 0 Å². The standard InChI is InChI=1S/C23H24N4O4/c1-17(28)24-11-13-25(14-12-24)21(29)16-26-20-10-6-5-9-19(20)22(30)27(23(26)31)15-18-7-3-2-4-8-18/h2-10H,11-16H2,1H3. The van der Waals surface area contributed by atoms with Crippen LogP contribution >= 0.6 is 0 Å². The Hall–Kier alpha value is -3.68. The van der Waals surface area contributed by atoms with Crippen molar-refractivity contribution >= 4 is 22.7 Å². The fraction of sp³-hybridized carbons (Fsp3) is 0.304. The minimum absolute atomic E-state index is 0.0118. The fourth-order valence-electron chi connectivity index (χ4n) is 3.94. The quantitative estimate of drug-likeness (QED) is 0.628. The Morgan fingerprint density at radius 2 is 1.42 bits per heavy atom. The highest BCUT2D eigenvalue weighted by Crippen LogP contribution is 2.10. The van der Waals surface area contributed by atoms with Gasteiger partial charge in [0.05, 0.1) is 17.4 Å². The van der Waals surface area contributed by atoms with Crippen molar-refractivity contribution in [2.24, 2.45) is 0 Å². The molecule has 1 saturated heterocycles. The zero-order valence-electron chi connectivity index (χ0n) is 17.4. The van der Waals surface area contributed by atoms with Crippen LogP contribution in [-0.2, 0) is 22.7 Å². The maximum absolute atomic E-state index is 13.3. The lowest BCUT2D eigenvalue weighted by molar-refractivity contribution is -0.138. The predicted octanol–water partition coefficient (Wildman–Crippen LogP) is 0.902. The van der Waals surface area contributed by atoms with Crippen LogP contribution in [-0.4, -0.2) is 56.9 Å². The first-order valence-corrected chi connectivity index (χ1v) is 10.3. The van der Waals surface area contributed by atoms with Gasteiger partial charge < -0.3 is 9.80 Å². The third-order valence-corrected chi connectivity index (χ3v) is 5.69. The van der Waals surface area contributed by atoms with E-state index in [0.29, 0.717) is 37.1 Å². The van der Waals surface area contributed by atoms with E-state index in [0.717, 1.165) is 5.56 Å². The molecule has 0 radical (unpaired) electrons. The Bertz CT molecular complexity index is 1240. The number of para-hydroxylation sites is 1. The Kier molecular flexibility index (Phi) is 5.70. The van der Waals surface area contributed by atoms with E-state index < -0.39 is 5.69 Å². The van der Waals surface area contributed by atoms with Crippen LogP contribution in [0.4, 0.5) is 0 Å². The van der Waals surface area contributed by atoms with Crippen LogP contribution in [0.2, 0.25) is 0 Å². The number of carbonyl (C=O) groups excluding carboxylic acids is 2. The molecule has 0 aliphatic carbocycles. The molecule has 8 nitrogen and oxygen atoms in total. The van der Waals surface area contributed by atoms with Gasteiger partial charge in [-0.25, -0.2) is 4.79 Å². The number of benzene rings is 2. The largest absolute Gasteiger partial charge is 0.339 e. The molecule has 0 saturated carbocycles. The highest BCUT2D eigenvalue weighted by atomic mass is 16.2. The number of carbonyl (C=O) groups is 2. The van der Waals surface area contributed by atoms with Gasteiger partial charge in [0.1, 0.15) is 6.54 Å². The molecule has 0 unspecified atom stereocenters. The third kappa shape index (κ3) is 4.14. The van der Waals surface area contributed by atoms with Crippen LogP contribution in [0.3, 0.4) is 0 Å². The summed E-state index contributed by atoms with van der Waals surface area (Å²) in [6.45, 7) is 3.29. The van der Waals surface area contributed by atoms with Gasteiger partial charge in [-0.05, 0) is 17.7 Å². The Morgan fingerprint density at radius 1 is 0.806 bits per heavy atom. The SMILES string of the molecule is CC(=O)N1CCN(C(=O)Cn2c(=O)n(Cc3ccccc3)c(=O)c3ccccc32)CC1. The minimum Gasteiger partial charge on any atom is -0.339 e. The molecule has 8 heteroatoms. The maximum Gasteiger partial charge on any atom is 0.332 e. The monoisotopic (exact) mass is 420 g/mol.